The van der Waals surface area contributed by atoms with Crippen molar-refractivity contribution in [3.05, 3.63) is 99.2 Å². The highest BCUT2D eigenvalue weighted by atomic mass is 16.6. The lowest BCUT2D eigenvalue weighted by molar-refractivity contribution is -0.384. The van der Waals surface area contributed by atoms with Gasteiger partial charge in [0.05, 0.1) is 30.8 Å². The predicted molar refractivity (Wildman–Crippen MR) is 145 cm³/mol. The number of ketones is 1. The molecule has 1 fully saturated rings. The summed E-state index contributed by atoms with van der Waals surface area (Å²) in [6.45, 7) is 0.125. The van der Waals surface area contributed by atoms with Crippen LogP contribution >= 0.6 is 0 Å². The van der Waals surface area contributed by atoms with E-state index in [2.05, 4.69) is 4.98 Å². The number of nitro benzene ring substituents is 1. The number of ether oxygens (including phenoxy) is 2. The number of hydrogen-bond acceptors (Lipinski definition) is 8. The Morgan fingerprint density at radius 3 is 2.48 bits per heavy atom. The SMILES string of the molecule is COc1ccc2[nH]cc(CCN3C(=O)C(=O)/C(=C(\O)c4ccc([N+](=O)[O-])cc4)C3c3ccc(O)c(OC)c3)c2c1. The van der Waals surface area contributed by atoms with Gasteiger partial charge >= 0.3 is 0 Å². The lowest BCUT2D eigenvalue weighted by atomic mass is 9.94. The molecular formula is C29H25N3O8. The largest absolute Gasteiger partial charge is 0.507 e. The molecule has 0 aliphatic carbocycles. The van der Waals surface area contributed by atoms with Crippen molar-refractivity contribution >= 4 is 34.0 Å². The number of non-ortho nitro benzene ring substituents is 1. The number of aliphatic hydroxyl groups is 1. The van der Waals surface area contributed by atoms with Crippen LogP contribution in [-0.4, -0.2) is 57.5 Å². The number of Topliss-reactive ketones (excluding diaryl/α,β-unsaturated/α-hetero) is 1. The highest BCUT2D eigenvalue weighted by Crippen LogP contribution is 2.42. The van der Waals surface area contributed by atoms with Crippen LogP contribution in [0.4, 0.5) is 5.69 Å². The number of rotatable bonds is 8. The van der Waals surface area contributed by atoms with Crippen molar-refractivity contribution in [2.45, 2.75) is 12.5 Å². The molecule has 3 aromatic carbocycles. The minimum absolute atomic E-state index is 0.125. The highest BCUT2D eigenvalue weighted by Gasteiger charge is 2.46. The molecule has 5 rings (SSSR count). The number of phenolic OH excluding ortho intramolecular Hbond substituents is 1. The number of nitro groups is 1. The summed E-state index contributed by atoms with van der Waals surface area (Å²) < 4.78 is 10.6. The zero-order valence-electron chi connectivity index (χ0n) is 21.6. The fourth-order valence-electron chi connectivity index (χ4n) is 4.95. The van der Waals surface area contributed by atoms with Crippen LogP contribution in [0, 0.1) is 10.1 Å². The quantitative estimate of drug-likeness (QED) is 0.0967. The molecule has 0 saturated carbocycles. The van der Waals surface area contributed by atoms with Gasteiger partial charge in [0, 0.05) is 41.3 Å². The van der Waals surface area contributed by atoms with E-state index in [0.717, 1.165) is 16.5 Å². The number of aromatic amines is 1. The molecule has 11 nitrogen and oxygen atoms in total. The number of aromatic hydroxyl groups is 1. The standard InChI is InChI=1S/C29H25N3O8/c1-39-20-8-9-22-21(14-20)18(15-30-22)11-12-31-26(17-5-10-23(33)24(13-17)40-2)25(28(35)29(31)36)27(34)16-3-6-19(7-4-16)32(37)38/h3-10,13-15,26,30,33-34H,11-12H2,1-2H3/b27-25-. The van der Waals surface area contributed by atoms with Crippen LogP contribution in [0.5, 0.6) is 17.2 Å². The second-order valence-corrected chi connectivity index (χ2v) is 9.20. The summed E-state index contributed by atoms with van der Waals surface area (Å²) in [5.74, 6) is -1.50. The number of nitrogens with zero attached hydrogens (tertiary/aromatic N) is 2. The van der Waals surface area contributed by atoms with E-state index in [1.807, 2.05) is 24.4 Å². The highest BCUT2D eigenvalue weighted by molar-refractivity contribution is 6.46. The summed E-state index contributed by atoms with van der Waals surface area (Å²) in [6, 6.07) is 14.0. The number of aromatic nitrogens is 1. The van der Waals surface area contributed by atoms with Crippen molar-refractivity contribution in [2.24, 2.45) is 0 Å². The van der Waals surface area contributed by atoms with Crippen molar-refractivity contribution in [2.75, 3.05) is 20.8 Å². The summed E-state index contributed by atoms with van der Waals surface area (Å²) in [5, 5.41) is 33.4. The third-order valence-corrected chi connectivity index (χ3v) is 7.01. The molecule has 204 valence electrons. The number of aliphatic hydroxyl groups excluding tert-OH is 1. The number of nitrogens with one attached hydrogen (secondary N) is 1. The van der Waals surface area contributed by atoms with Gasteiger partial charge in [0.15, 0.2) is 11.5 Å². The Morgan fingerprint density at radius 1 is 1.05 bits per heavy atom. The van der Waals surface area contributed by atoms with Gasteiger partial charge in [-0.15, -0.1) is 0 Å². The number of H-pyrrole nitrogens is 1. The van der Waals surface area contributed by atoms with E-state index >= 15 is 0 Å². The maximum atomic E-state index is 13.4. The zero-order chi connectivity index (χ0) is 28.6. The molecule has 1 aromatic heterocycles. The number of phenols is 1. The molecule has 4 aromatic rings. The van der Waals surface area contributed by atoms with E-state index < -0.39 is 28.4 Å². The normalized spacial score (nSPS) is 16.4. The Bertz CT molecular complexity index is 1670. The maximum Gasteiger partial charge on any atom is 0.295 e. The molecule has 3 N–H and O–H groups in total. The maximum absolute atomic E-state index is 13.4. The lowest BCUT2D eigenvalue weighted by Crippen LogP contribution is -2.31. The molecule has 1 saturated heterocycles. The third kappa shape index (κ3) is 4.57. The summed E-state index contributed by atoms with van der Waals surface area (Å²) in [5.41, 5.74) is 1.99. The van der Waals surface area contributed by atoms with Crippen LogP contribution < -0.4 is 9.47 Å². The molecule has 1 atom stereocenters. The monoisotopic (exact) mass is 543 g/mol. The molecule has 2 heterocycles. The van der Waals surface area contributed by atoms with E-state index in [-0.39, 0.29) is 34.9 Å². The number of carbonyl (C=O) groups is 2. The molecule has 0 bridgehead atoms. The van der Waals surface area contributed by atoms with Crippen molar-refractivity contribution in [1.29, 1.82) is 0 Å². The second-order valence-electron chi connectivity index (χ2n) is 9.20. The van der Waals surface area contributed by atoms with Gasteiger partial charge in [-0.3, -0.25) is 19.7 Å². The first-order valence-electron chi connectivity index (χ1n) is 12.3. The molecule has 0 spiro atoms. The van der Waals surface area contributed by atoms with E-state index in [0.29, 0.717) is 17.7 Å². The smallest absolute Gasteiger partial charge is 0.295 e. The fourth-order valence-corrected chi connectivity index (χ4v) is 4.95. The van der Waals surface area contributed by atoms with E-state index in [1.165, 1.54) is 48.4 Å². The van der Waals surface area contributed by atoms with Gasteiger partial charge in [-0.1, -0.05) is 6.07 Å². The van der Waals surface area contributed by atoms with Crippen LogP contribution in [0.25, 0.3) is 16.7 Å². The molecule has 1 unspecified atom stereocenters. The van der Waals surface area contributed by atoms with Crippen molar-refractivity contribution in [1.82, 2.24) is 9.88 Å². The summed E-state index contributed by atoms with van der Waals surface area (Å²) in [4.78, 5) is 41.8. The Balaban J connectivity index is 1.58. The van der Waals surface area contributed by atoms with Crippen molar-refractivity contribution in [3.63, 3.8) is 0 Å². The van der Waals surface area contributed by atoms with Crippen LogP contribution in [-0.2, 0) is 16.0 Å². The number of fused-ring (bicyclic) bond motifs is 1. The Hall–Kier alpha value is -5.32. The summed E-state index contributed by atoms with van der Waals surface area (Å²) in [6.07, 6.45) is 2.21. The zero-order valence-corrected chi connectivity index (χ0v) is 21.6. The number of hydrogen-bond donors (Lipinski definition) is 3. The lowest BCUT2D eigenvalue weighted by Gasteiger charge is -2.25. The molecular weight excluding hydrogens is 518 g/mol. The minimum Gasteiger partial charge on any atom is -0.507 e. The predicted octanol–water partition coefficient (Wildman–Crippen LogP) is 4.46. The number of likely N-dealkylation sites (tertiary alicyclic amines) is 1. The van der Waals surface area contributed by atoms with Crippen LogP contribution in [0.15, 0.2) is 72.4 Å². The Labute approximate surface area is 228 Å². The minimum atomic E-state index is -1.01. The first kappa shape index (κ1) is 26.3. The number of methoxy groups -OCH3 is 2. The second kappa shape index (κ2) is 10.4. The van der Waals surface area contributed by atoms with Gasteiger partial charge in [0.25, 0.3) is 17.4 Å². The van der Waals surface area contributed by atoms with Crippen LogP contribution in [0.3, 0.4) is 0 Å². The average molecular weight is 544 g/mol. The first-order valence-corrected chi connectivity index (χ1v) is 12.3. The van der Waals surface area contributed by atoms with Crippen molar-refractivity contribution < 1.29 is 34.2 Å². The number of benzene rings is 3. The molecule has 11 heteroatoms. The topological polar surface area (TPSA) is 155 Å². The first-order chi connectivity index (χ1) is 19.2. The van der Waals surface area contributed by atoms with E-state index in [1.54, 1.807) is 13.2 Å². The van der Waals surface area contributed by atoms with Gasteiger partial charge in [-0.25, -0.2) is 0 Å². The van der Waals surface area contributed by atoms with E-state index in [9.17, 15) is 29.9 Å². The van der Waals surface area contributed by atoms with Gasteiger partial charge in [-0.2, -0.15) is 0 Å². The third-order valence-electron chi connectivity index (χ3n) is 7.01. The van der Waals surface area contributed by atoms with Gasteiger partial charge < -0.3 is 29.6 Å². The summed E-state index contributed by atoms with van der Waals surface area (Å²) >= 11 is 0. The Kier molecular flexibility index (Phi) is 6.87. The van der Waals surface area contributed by atoms with Crippen LogP contribution in [0.2, 0.25) is 0 Å². The van der Waals surface area contributed by atoms with Gasteiger partial charge in [-0.05, 0) is 60.0 Å². The fraction of sp³-hybridized carbons (Fsp3) is 0.172. The average Bonchev–Trinajstić information content (AvgIpc) is 3.48. The molecule has 1 aliphatic rings. The number of carbonyl (C=O) groups excluding carboxylic acids is 2. The van der Waals surface area contributed by atoms with Crippen molar-refractivity contribution in [3.8, 4) is 17.2 Å². The number of amides is 1. The van der Waals surface area contributed by atoms with E-state index in [4.69, 9.17) is 9.47 Å². The molecule has 1 amide bonds. The molecule has 40 heavy (non-hydrogen) atoms. The Morgan fingerprint density at radius 2 is 1.80 bits per heavy atom. The molecule has 1 aliphatic heterocycles. The van der Waals surface area contributed by atoms with Gasteiger partial charge in [0.1, 0.15) is 11.5 Å². The van der Waals surface area contributed by atoms with Crippen LogP contribution in [0.1, 0.15) is 22.7 Å². The van der Waals surface area contributed by atoms with Gasteiger partial charge in [0.2, 0.25) is 0 Å². The molecule has 0 radical (unpaired) electrons. The summed E-state index contributed by atoms with van der Waals surface area (Å²) in [7, 11) is 2.95.